The van der Waals surface area contributed by atoms with Gasteiger partial charge in [-0.2, -0.15) is 0 Å². The molecular weight excluding hydrogens is 426 g/mol. The van der Waals surface area contributed by atoms with Gasteiger partial charge in [0.1, 0.15) is 0 Å². The molecule has 0 atom stereocenters. The predicted octanol–water partition coefficient (Wildman–Crippen LogP) is 6.92. The Morgan fingerprint density at radius 3 is 2.48 bits per heavy atom. The number of hydrazine groups is 1. The standard InChI is InChI=1S/C28H27N3OS/c1-19(20-13-15-22(16-14-20)21-8-3-2-4-9-21)30-31-28(32)24-18-26(27-12-7-17-33-27)29-25-11-6-5-10-23(24)25/h5-7,10-18,21,30H,1-4,8-9H2,(H,31,32). The van der Waals surface area contributed by atoms with Crippen molar-refractivity contribution in [1.29, 1.82) is 0 Å². The number of nitrogens with one attached hydrogen (secondary N) is 2. The Balaban J connectivity index is 1.31. The molecule has 1 fully saturated rings. The van der Waals surface area contributed by atoms with Gasteiger partial charge < -0.3 is 0 Å². The van der Waals surface area contributed by atoms with Gasteiger partial charge in [0.25, 0.3) is 5.91 Å². The fraction of sp³-hybridized carbons (Fsp3) is 0.214. The summed E-state index contributed by atoms with van der Waals surface area (Å²) in [4.78, 5) is 18.9. The average Bonchev–Trinajstić information content (AvgIpc) is 3.42. The van der Waals surface area contributed by atoms with Gasteiger partial charge in [-0.15, -0.1) is 11.3 Å². The van der Waals surface area contributed by atoms with E-state index in [-0.39, 0.29) is 5.91 Å². The number of thiophene rings is 1. The lowest BCUT2D eigenvalue weighted by Gasteiger charge is -2.22. The number of amides is 1. The molecule has 4 nitrogen and oxygen atoms in total. The SMILES string of the molecule is C=C(NNC(=O)c1cc(-c2cccs2)nc2ccccc12)c1ccc(C2CCCCC2)cc1. The molecule has 2 aromatic carbocycles. The first-order valence-electron chi connectivity index (χ1n) is 11.5. The van der Waals surface area contributed by atoms with Gasteiger partial charge in [-0.25, -0.2) is 4.98 Å². The molecule has 5 rings (SSSR count). The monoisotopic (exact) mass is 453 g/mol. The largest absolute Gasteiger partial charge is 0.298 e. The fourth-order valence-corrected chi connectivity index (χ4v) is 5.26. The Kier molecular flexibility index (Phi) is 6.22. The third kappa shape index (κ3) is 4.69. The van der Waals surface area contributed by atoms with Gasteiger partial charge in [0, 0.05) is 5.39 Å². The fourth-order valence-electron chi connectivity index (χ4n) is 4.58. The van der Waals surface area contributed by atoms with Crippen molar-refractivity contribution >= 4 is 33.8 Å². The van der Waals surface area contributed by atoms with Crippen molar-refractivity contribution in [3.05, 3.63) is 95.4 Å². The van der Waals surface area contributed by atoms with E-state index in [1.54, 1.807) is 11.3 Å². The number of para-hydroxylation sites is 1. The first-order chi connectivity index (χ1) is 16.2. The van der Waals surface area contributed by atoms with Crippen LogP contribution in [0.1, 0.15) is 59.5 Å². The second-order valence-corrected chi connectivity index (χ2v) is 9.51. The molecule has 33 heavy (non-hydrogen) atoms. The summed E-state index contributed by atoms with van der Waals surface area (Å²) in [5.41, 5.74) is 11.0. The summed E-state index contributed by atoms with van der Waals surface area (Å²) < 4.78 is 0. The van der Waals surface area contributed by atoms with Crippen LogP contribution in [0, 0.1) is 0 Å². The molecule has 0 unspecified atom stereocenters. The maximum absolute atomic E-state index is 13.1. The molecule has 1 saturated carbocycles. The Morgan fingerprint density at radius 2 is 1.73 bits per heavy atom. The van der Waals surface area contributed by atoms with Gasteiger partial charge in [0.2, 0.25) is 0 Å². The molecule has 0 radical (unpaired) electrons. The van der Waals surface area contributed by atoms with Crippen LogP contribution < -0.4 is 10.9 Å². The topological polar surface area (TPSA) is 54.0 Å². The summed E-state index contributed by atoms with van der Waals surface area (Å²) in [5, 5.41) is 2.83. The molecule has 1 aliphatic rings. The molecule has 4 aromatic rings. The molecule has 0 saturated heterocycles. The van der Waals surface area contributed by atoms with Crippen LogP contribution in [-0.2, 0) is 0 Å². The van der Waals surface area contributed by atoms with Crippen molar-refractivity contribution in [2.75, 3.05) is 0 Å². The number of hydrogen-bond donors (Lipinski definition) is 2. The first-order valence-corrected chi connectivity index (χ1v) is 12.4. The number of carbonyl (C=O) groups excluding carboxylic acids is 1. The van der Waals surface area contributed by atoms with Crippen LogP contribution in [0.2, 0.25) is 0 Å². The highest BCUT2D eigenvalue weighted by Crippen LogP contribution is 2.33. The summed E-state index contributed by atoms with van der Waals surface area (Å²) in [7, 11) is 0. The molecule has 2 aromatic heterocycles. The number of rotatable bonds is 6. The number of hydrogen-bond acceptors (Lipinski definition) is 4. The van der Waals surface area contributed by atoms with Gasteiger partial charge in [-0.1, -0.05) is 74.4 Å². The first kappa shape index (κ1) is 21.4. The highest BCUT2D eigenvalue weighted by atomic mass is 32.1. The lowest BCUT2D eigenvalue weighted by atomic mass is 9.84. The summed E-state index contributed by atoms with van der Waals surface area (Å²) in [5.74, 6) is 0.456. The number of aromatic nitrogens is 1. The normalized spacial score (nSPS) is 14.2. The van der Waals surface area contributed by atoms with E-state index in [4.69, 9.17) is 4.98 Å². The molecular formula is C28H27N3OS. The molecule has 1 amide bonds. The van der Waals surface area contributed by atoms with E-state index in [9.17, 15) is 4.79 Å². The molecule has 1 aliphatic carbocycles. The van der Waals surface area contributed by atoms with Gasteiger partial charge in [-0.3, -0.25) is 15.6 Å². The van der Waals surface area contributed by atoms with E-state index in [0.29, 0.717) is 17.2 Å². The lowest BCUT2D eigenvalue weighted by Crippen LogP contribution is -2.36. The molecule has 2 N–H and O–H groups in total. The van der Waals surface area contributed by atoms with Crippen LogP contribution in [0.5, 0.6) is 0 Å². The average molecular weight is 454 g/mol. The molecule has 0 spiro atoms. The quantitative estimate of drug-likeness (QED) is 0.312. The van der Waals surface area contributed by atoms with Crippen LogP contribution in [0.3, 0.4) is 0 Å². The molecule has 166 valence electrons. The lowest BCUT2D eigenvalue weighted by molar-refractivity contribution is 0.0944. The molecule has 0 aliphatic heterocycles. The third-order valence-electron chi connectivity index (χ3n) is 6.40. The zero-order valence-electron chi connectivity index (χ0n) is 18.5. The Hall–Kier alpha value is -3.44. The number of nitrogens with zero attached hydrogens (tertiary/aromatic N) is 1. The van der Waals surface area contributed by atoms with E-state index in [1.807, 2.05) is 47.8 Å². The van der Waals surface area contributed by atoms with Crippen LogP contribution in [0.15, 0.2) is 78.7 Å². The van der Waals surface area contributed by atoms with E-state index in [0.717, 1.165) is 27.0 Å². The second kappa shape index (κ2) is 9.59. The minimum atomic E-state index is -0.216. The molecule has 5 heteroatoms. The number of fused-ring (bicyclic) bond motifs is 1. The minimum absolute atomic E-state index is 0.216. The van der Waals surface area contributed by atoms with E-state index < -0.39 is 0 Å². The van der Waals surface area contributed by atoms with Crippen molar-refractivity contribution in [2.24, 2.45) is 0 Å². The van der Waals surface area contributed by atoms with E-state index in [2.05, 4.69) is 41.7 Å². The van der Waals surface area contributed by atoms with Crippen molar-refractivity contribution in [3.8, 4) is 10.6 Å². The second-order valence-electron chi connectivity index (χ2n) is 8.56. The van der Waals surface area contributed by atoms with Gasteiger partial charge in [0.05, 0.1) is 27.3 Å². The summed E-state index contributed by atoms with van der Waals surface area (Å²) in [6.07, 6.45) is 6.57. The van der Waals surface area contributed by atoms with Crippen LogP contribution >= 0.6 is 11.3 Å². The third-order valence-corrected chi connectivity index (χ3v) is 7.29. The van der Waals surface area contributed by atoms with Crippen molar-refractivity contribution in [2.45, 2.75) is 38.0 Å². The zero-order valence-corrected chi connectivity index (χ0v) is 19.3. The summed E-state index contributed by atoms with van der Waals surface area (Å²) in [6.45, 7) is 4.12. The number of carbonyl (C=O) groups is 1. The number of benzene rings is 2. The smallest absolute Gasteiger partial charge is 0.270 e. The van der Waals surface area contributed by atoms with Crippen LogP contribution in [-0.4, -0.2) is 10.9 Å². The van der Waals surface area contributed by atoms with E-state index >= 15 is 0 Å². The maximum atomic E-state index is 13.1. The van der Waals surface area contributed by atoms with Crippen molar-refractivity contribution in [3.63, 3.8) is 0 Å². The Bertz CT molecular complexity index is 1270. The summed E-state index contributed by atoms with van der Waals surface area (Å²) in [6, 6.07) is 22.1. The Morgan fingerprint density at radius 1 is 0.939 bits per heavy atom. The molecule has 0 bridgehead atoms. The van der Waals surface area contributed by atoms with Crippen LogP contribution in [0.4, 0.5) is 0 Å². The summed E-state index contributed by atoms with van der Waals surface area (Å²) >= 11 is 1.61. The minimum Gasteiger partial charge on any atom is -0.298 e. The van der Waals surface area contributed by atoms with Crippen molar-refractivity contribution in [1.82, 2.24) is 15.8 Å². The Labute approximate surface area is 198 Å². The van der Waals surface area contributed by atoms with Gasteiger partial charge >= 0.3 is 0 Å². The van der Waals surface area contributed by atoms with E-state index in [1.165, 1.54) is 37.7 Å². The predicted molar refractivity (Wildman–Crippen MR) is 137 cm³/mol. The maximum Gasteiger partial charge on any atom is 0.270 e. The number of pyridine rings is 1. The van der Waals surface area contributed by atoms with Crippen LogP contribution in [0.25, 0.3) is 27.2 Å². The van der Waals surface area contributed by atoms with Crippen molar-refractivity contribution < 1.29 is 4.79 Å². The zero-order chi connectivity index (χ0) is 22.6. The highest BCUT2D eigenvalue weighted by Gasteiger charge is 2.16. The molecule has 2 heterocycles. The van der Waals surface area contributed by atoms with Gasteiger partial charge in [-0.05, 0) is 53.5 Å². The van der Waals surface area contributed by atoms with Gasteiger partial charge in [0.15, 0.2) is 0 Å². The highest BCUT2D eigenvalue weighted by molar-refractivity contribution is 7.13.